The molecule has 0 saturated heterocycles. The fourth-order valence-electron chi connectivity index (χ4n) is 3.31. The van der Waals surface area contributed by atoms with Crippen molar-refractivity contribution in [3.05, 3.63) is 53.7 Å². The Morgan fingerprint density at radius 3 is 2.68 bits per heavy atom. The van der Waals surface area contributed by atoms with Gasteiger partial charge in [0.25, 0.3) is 0 Å². The van der Waals surface area contributed by atoms with Crippen molar-refractivity contribution in [2.75, 3.05) is 7.05 Å². The molecule has 2 atom stereocenters. The lowest BCUT2D eigenvalue weighted by atomic mass is 9.92. The summed E-state index contributed by atoms with van der Waals surface area (Å²) in [5.74, 6) is 1.34. The standard InChI is InChI=1S/C18H19N4/c1-12-9-17-21(3)11-15-10-16(14-7-5-4-6-8-14)13(2)19-18(15)22(17)20-12/h4-11,15,18H,1-3H3/q+1. The lowest BCUT2D eigenvalue weighted by Crippen LogP contribution is -2.31. The number of nitrogens with zero attached hydrogens (tertiary/aromatic N) is 4. The van der Waals surface area contributed by atoms with Crippen LogP contribution in [0.3, 0.4) is 0 Å². The van der Waals surface area contributed by atoms with Crippen LogP contribution in [0.1, 0.15) is 24.3 Å². The van der Waals surface area contributed by atoms with Gasteiger partial charge in [-0.05, 0) is 25.0 Å². The first-order valence-corrected chi connectivity index (χ1v) is 7.59. The summed E-state index contributed by atoms with van der Waals surface area (Å²) in [6.07, 6.45) is 4.59. The van der Waals surface area contributed by atoms with Crippen LogP contribution in [0.15, 0.2) is 47.5 Å². The zero-order valence-corrected chi connectivity index (χ0v) is 13.1. The van der Waals surface area contributed by atoms with Crippen LogP contribution < -0.4 is 0 Å². The molecule has 3 heterocycles. The highest BCUT2D eigenvalue weighted by Gasteiger charge is 2.37. The van der Waals surface area contributed by atoms with Gasteiger partial charge in [0.2, 0.25) is 6.17 Å². The van der Waals surface area contributed by atoms with Gasteiger partial charge in [0.1, 0.15) is 0 Å². The van der Waals surface area contributed by atoms with E-state index in [-0.39, 0.29) is 12.1 Å². The van der Waals surface area contributed by atoms with Crippen molar-refractivity contribution in [3.8, 4) is 0 Å². The molecule has 4 rings (SSSR count). The zero-order chi connectivity index (χ0) is 15.3. The van der Waals surface area contributed by atoms with Crippen LogP contribution in [0.4, 0.5) is 5.82 Å². The number of hydrogen-bond donors (Lipinski definition) is 0. The van der Waals surface area contributed by atoms with Crippen LogP contribution in [0.25, 0.3) is 5.57 Å². The molecule has 22 heavy (non-hydrogen) atoms. The van der Waals surface area contributed by atoms with Gasteiger partial charge >= 0.3 is 5.82 Å². The van der Waals surface area contributed by atoms with Crippen LogP contribution in [-0.4, -0.2) is 33.3 Å². The Hall–Kier alpha value is -2.49. The van der Waals surface area contributed by atoms with Gasteiger partial charge in [-0.2, -0.15) is 0 Å². The van der Waals surface area contributed by atoms with Crippen molar-refractivity contribution in [1.29, 1.82) is 0 Å². The summed E-state index contributed by atoms with van der Waals surface area (Å²) in [5.41, 5.74) is 4.55. The minimum absolute atomic E-state index is 0.0346. The van der Waals surface area contributed by atoms with E-state index in [1.54, 1.807) is 0 Å². The molecule has 2 unspecified atom stereocenters. The molecule has 0 saturated carbocycles. The predicted octanol–water partition coefficient (Wildman–Crippen LogP) is 3.22. The minimum atomic E-state index is 0.0346. The normalized spacial score (nSPS) is 23.1. The molecule has 0 spiro atoms. The number of aromatic nitrogens is 2. The first-order valence-electron chi connectivity index (χ1n) is 7.59. The third-order valence-electron chi connectivity index (χ3n) is 4.35. The molecule has 0 N–H and O–H groups in total. The molecule has 0 fully saturated rings. The Bertz CT molecular complexity index is 824. The first-order chi connectivity index (χ1) is 10.6. The predicted molar refractivity (Wildman–Crippen MR) is 88.9 cm³/mol. The Morgan fingerprint density at radius 2 is 1.91 bits per heavy atom. The van der Waals surface area contributed by atoms with Gasteiger partial charge in [0.05, 0.1) is 30.9 Å². The van der Waals surface area contributed by atoms with E-state index in [1.807, 2.05) is 17.7 Å². The number of hydrogen-bond acceptors (Lipinski definition) is 2. The average molecular weight is 291 g/mol. The monoisotopic (exact) mass is 291 g/mol. The smallest absolute Gasteiger partial charge is 0.240 e. The summed E-state index contributed by atoms with van der Waals surface area (Å²) in [4.78, 5) is 4.94. The molecule has 4 heteroatoms. The highest BCUT2D eigenvalue weighted by molar-refractivity contribution is 6.23. The number of rotatable bonds is 1. The van der Waals surface area contributed by atoms with E-state index in [4.69, 9.17) is 4.99 Å². The molecule has 2 aromatic rings. The minimum Gasteiger partial charge on any atom is -0.240 e. The van der Waals surface area contributed by atoms with E-state index in [1.165, 1.54) is 11.1 Å². The number of aliphatic imine (C=N–C) groups is 1. The summed E-state index contributed by atoms with van der Waals surface area (Å²) in [6.45, 7) is 4.11. The van der Waals surface area contributed by atoms with E-state index < -0.39 is 0 Å². The molecule has 0 aliphatic carbocycles. The largest absolute Gasteiger partial charge is 0.305 e. The van der Waals surface area contributed by atoms with E-state index in [0.717, 1.165) is 17.2 Å². The Morgan fingerprint density at radius 1 is 1.14 bits per heavy atom. The third-order valence-corrected chi connectivity index (χ3v) is 4.35. The number of fused-ring (bicyclic) bond motifs is 3. The van der Waals surface area contributed by atoms with Gasteiger partial charge in [-0.3, -0.25) is 0 Å². The maximum Gasteiger partial charge on any atom is 0.305 e. The Kier molecular flexibility index (Phi) is 2.86. The molecule has 0 amide bonds. The van der Waals surface area contributed by atoms with Crippen molar-refractivity contribution in [1.82, 2.24) is 9.78 Å². The van der Waals surface area contributed by atoms with Gasteiger partial charge in [-0.1, -0.05) is 41.5 Å². The average Bonchev–Trinajstić information content (AvgIpc) is 2.91. The molecule has 4 nitrogen and oxygen atoms in total. The molecule has 2 aliphatic heterocycles. The Balaban J connectivity index is 1.82. The maximum absolute atomic E-state index is 4.94. The van der Waals surface area contributed by atoms with Crippen molar-refractivity contribution >= 4 is 23.3 Å². The molecular weight excluding hydrogens is 272 g/mol. The summed E-state index contributed by atoms with van der Waals surface area (Å²) in [7, 11) is 2.07. The summed E-state index contributed by atoms with van der Waals surface area (Å²) in [6, 6.07) is 12.6. The lowest BCUT2D eigenvalue weighted by molar-refractivity contribution is -0.414. The first kappa shape index (κ1) is 13.2. The molecular formula is C18H19N4+. The van der Waals surface area contributed by atoms with E-state index in [9.17, 15) is 0 Å². The number of aryl methyl sites for hydroxylation is 1. The number of allylic oxidation sites excluding steroid dienone is 1. The van der Waals surface area contributed by atoms with E-state index in [0.29, 0.717) is 0 Å². The van der Waals surface area contributed by atoms with Crippen molar-refractivity contribution in [3.63, 3.8) is 0 Å². The summed E-state index contributed by atoms with van der Waals surface area (Å²) < 4.78 is 4.19. The van der Waals surface area contributed by atoms with Gasteiger partial charge in [0.15, 0.2) is 0 Å². The topological polar surface area (TPSA) is 33.2 Å². The van der Waals surface area contributed by atoms with Gasteiger partial charge in [-0.15, -0.1) is 4.68 Å². The van der Waals surface area contributed by atoms with Crippen LogP contribution >= 0.6 is 0 Å². The number of benzene rings is 1. The van der Waals surface area contributed by atoms with Crippen molar-refractivity contribution < 1.29 is 4.58 Å². The lowest BCUT2D eigenvalue weighted by Gasteiger charge is -2.26. The van der Waals surface area contributed by atoms with Gasteiger partial charge < -0.3 is 0 Å². The second-order valence-electron chi connectivity index (χ2n) is 6.00. The highest BCUT2D eigenvalue weighted by atomic mass is 15.4. The zero-order valence-electron chi connectivity index (χ0n) is 13.1. The van der Waals surface area contributed by atoms with E-state index in [2.05, 4.69) is 66.3 Å². The quantitative estimate of drug-likeness (QED) is 0.743. The molecule has 1 aromatic carbocycles. The third kappa shape index (κ3) is 1.95. The van der Waals surface area contributed by atoms with Crippen LogP contribution in [0.2, 0.25) is 0 Å². The van der Waals surface area contributed by atoms with Crippen molar-refractivity contribution in [2.45, 2.75) is 20.0 Å². The summed E-state index contributed by atoms with van der Waals surface area (Å²) >= 11 is 0. The molecule has 0 radical (unpaired) electrons. The van der Waals surface area contributed by atoms with Crippen LogP contribution in [0.5, 0.6) is 0 Å². The molecule has 110 valence electrons. The van der Waals surface area contributed by atoms with Gasteiger partial charge in [-0.25, -0.2) is 9.57 Å². The SMILES string of the molecule is CC1=NC2C(C=C1c1ccccc1)C=[N+](C)c1cc(C)nn12. The molecule has 1 aromatic heterocycles. The molecule has 2 aliphatic rings. The highest BCUT2D eigenvalue weighted by Crippen LogP contribution is 2.36. The Labute approximate surface area is 130 Å². The fraction of sp³-hybridized carbons (Fsp3) is 0.278. The number of dihydropyridines is 1. The maximum atomic E-state index is 4.94. The second kappa shape index (κ2) is 4.77. The van der Waals surface area contributed by atoms with Crippen molar-refractivity contribution in [2.24, 2.45) is 10.9 Å². The van der Waals surface area contributed by atoms with E-state index >= 15 is 0 Å². The molecule has 0 bridgehead atoms. The summed E-state index contributed by atoms with van der Waals surface area (Å²) in [5, 5.41) is 4.64. The van der Waals surface area contributed by atoms with Gasteiger partial charge in [0, 0.05) is 5.71 Å². The van der Waals surface area contributed by atoms with Crippen LogP contribution in [0, 0.1) is 12.8 Å². The fourth-order valence-corrected chi connectivity index (χ4v) is 3.31. The second-order valence-corrected chi connectivity index (χ2v) is 6.00. The van der Waals surface area contributed by atoms with Crippen LogP contribution in [-0.2, 0) is 0 Å².